The summed E-state index contributed by atoms with van der Waals surface area (Å²) in [6, 6.07) is 11.1. The highest BCUT2D eigenvalue weighted by Gasteiger charge is 2.22. The fourth-order valence-corrected chi connectivity index (χ4v) is 4.22. The van der Waals surface area contributed by atoms with Crippen LogP contribution >= 0.6 is 11.6 Å². The molecule has 2 aliphatic rings. The Morgan fingerprint density at radius 2 is 2.11 bits per heavy atom. The Balaban J connectivity index is 1.25. The lowest BCUT2D eigenvalue weighted by Crippen LogP contribution is -2.30. The number of carbonyl (C=O) groups is 1. The van der Waals surface area contributed by atoms with Gasteiger partial charge in [0, 0.05) is 43.6 Å². The number of nitrogens with zero attached hydrogens (tertiary/aromatic N) is 4. The molecular formula is C26H28ClN5O3. The van der Waals surface area contributed by atoms with E-state index in [0.717, 1.165) is 43.1 Å². The van der Waals surface area contributed by atoms with Crippen LogP contribution in [0.4, 0.5) is 5.82 Å². The van der Waals surface area contributed by atoms with Crippen molar-refractivity contribution in [3.05, 3.63) is 64.9 Å². The highest BCUT2D eigenvalue weighted by Crippen LogP contribution is 2.33. The predicted molar refractivity (Wildman–Crippen MR) is 134 cm³/mol. The molecule has 0 spiro atoms. The first kappa shape index (κ1) is 23.5. The van der Waals surface area contributed by atoms with Gasteiger partial charge in [0.25, 0.3) is 5.91 Å². The Morgan fingerprint density at radius 3 is 2.97 bits per heavy atom. The Labute approximate surface area is 209 Å². The number of ether oxygens (including phenoxy) is 2. The molecule has 1 amide bonds. The molecule has 8 nitrogen and oxygen atoms in total. The number of pyridine rings is 1. The molecule has 3 heterocycles. The third-order valence-corrected chi connectivity index (χ3v) is 6.44. The first-order valence-corrected chi connectivity index (χ1v) is 12.4. The number of benzene rings is 1. The third kappa shape index (κ3) is 6.07. The topological polar surface area (TPSA) is 89.5 Å². The van der Waals surface area contributed by atoms with Gasteiger partial charge in [0.05, 0.1) is 35.7 Å². The average molecular weight is 494 g/mol. The van der Waals surface area contributed by atoms with E-state index in [9.17, 15) is 4.79 Å². The van der Waals surface area contributed by atoms with Crippen molar-refractivity contribution in [1.82, 2.24) is 20.5 Å². The molecule has 182 valence electrons. The Kier molecular flexibility index (Phi) is 7.39. The maximum Gasteiger partial charge on any atom is 0.253 e. The lowest BCUT2D eigenvalue weighted by Gasteiger charge is -2.23. The minimum Gasteiger partial charge on any atom is -0.492 e. The van der Waals surface area contributed by atoms with Gasteiger partial charge >= 0.3 is 0 Å². The smallest absolute Gasteiger partial charge is 0.253 e. The first-order chi connectivity index (χ1) is 17.2. The highest BCUT2D eigenvalue weighted by atomic mass is 35.5. The molecule has 5 rings (SSSR count). The van der Waals surface area contributed by atoms with Crippen LogP contribution in [0.25, 0.3) is 11.3 Å². The van der Waals surface area contributed by atoms with Crippen LogP contribution in [0.1, 0.15) is 35.2 Å². The molecule has 2 aromatic heterocycles. The van der Waals surface area contributed by atoms with Crippen LogP contribution in [-0.4, -0.2) is 54.0 Å². The Morgan fingerprint density at radius 1 is 1.20 bits per heavy atom. The van der Waals surface area contributed by atoms with E-state index in [0.29, 0.717) is 47.7 Å². The van der Waals surface area contributed by atoms with Crippen LogP contribution < -0.4 is 15.0 Å². The highest BCUT2D eigenvalue weighted by molar-refractivity contribution is 6.32. The van der Waals surface area contributed by atoms with Crippen LogP contribution in [0.5, 0.6) is 5.75 Å². The molecule has 1 saturated heterocycles. The summed E-state index contributed by atoms with van der Waals surface area (Å²) < 4.78 is 11.4. The standard InChI is InChI=1S/C26H28ClN5O3/c27-22-13-19(6-7-24(22)35-17-18-4-5-18)23-14-21(16-30-31-23)26(33)29-15-20-3-1-8-28-25(20)32-9-2-11-34-12-10-32/h1,3,6-8,13-14,16,18H,2,4-5,9-12,15,17H2,(H,29,33). The van der Waals surface area contributed by atoms with Crippen LogP contribution in [0.15, 0.2) is 48.8 Å². The summed E-state index contributed by atoms with van der Waals surface area (Å²) in [5.41, 5.74) is 2.72. The second kappa shape index (κ2) is 11.0. The summed E-state index contributed by atoms with van der Waals surface area (Å²) >= 11 is 6.42. The Hall–Kier alpha value is -3.23. The van der Waals surface area contributed by atoms with E-state index in [1.165, 1.54) is 19.0 Å². The molecule has 9 heteroatoms. The van der Waals surface area contributed by atoms with E-state index in [2.05, 4.69) is 25.4 Å². The molecule has 0 unspecified atom stereocenters. The number of aromatic nitrogens is 3. The number of anilines is 1. The van der Waals surface area contributed by atoms with Gasteiger partial charge in [-0.1, -0.05) is 17.7 Å². The van der Waals surface area contributed by atoms with Gasteiger partial charge in [0.1, 0.15) is 11.6 Å². The van der Waals surface area contributed by atoms with Crippen molar-refractivity contribution < 1.29 is 14.3 Å². The number of amides is 1. The summed E-state index contributed by atoms with van der Waals surface area (Å²) in [4.78, 5) is 19.7. The van der Waals surface area contributed by atoms with Gasteiger partial charge < -0.3 is 19.7 Å². The zero-order valence-electron chi connectivity index (χ0n) is 19.5. The van der Waals surface area contributed by atoms with Gasteiger partial charge in [-0.25, -0.2) is 4.98 Å². The lowest BCUT2D eigenvalue weighted by molar-refractivity contribution is 0.0950. The quantitative estimate of drug-likeness (QED) is 0.504. The number of nitrogens with one attached hydrogen (secondary N) is 1. The van der Waals surface area contributed by atoms with Crippen molar-refractivity contribution in [2.24, 2.45) is 5.92 Å². The summed E-state index contributed by atoms with van der Waals surface area (Å²) in [5.74, 6) is 1.96. The molecule has 2 fully saturated rings. The van der Waals surface area contributed by atoms with Crippen molar-refractivity contribution in [3.63, 3.8) is 0 Å². The molecule has 0 atom stereocenters. The molecule has 1 aliphatic carbocycles. The van der Waals surface area contributed by atoms with Gasteiger partial charge in [-0.15, -0.1) is 0 Å². The van der Waals surface area contributed by atoms with Gasteiger partial charge in [-0.3, -0.25) is 4.79 Å². The van der Waals surface area contributed by atoms with Gasteiger partial charge in [-0.2, -0.15) is 10.2 Å². The number of rotatable bonds is 8. The van der Waals surface area contributed by atoms with Gasteiger partial charge in [0.2, 0.25) is 0 Å². The molecule has 1 aliphatic heterocycles. The van der Waals surface area contributed by atoms with Crippen molar-refractivity contribution in [3.8, 4) is 17.0 Å². The fourth-order valence-electron chi connectivity index (χ4n) is 3.99. The van der Waals surface area contributed by atoms with Gasteiger partial charge in [-0.05, 0) is 55.5 Å². The third-order valence-electron chi connectivity index (χ3n) is 6.14. The molecule has 0 bridgehead atoms. The van der Waals surface area contributed by atoms with Crippen LogP contribution in [0.2, 0.25) is 5.02 Å². The maximum absolute atomic E-state index is 12.9. The lowest BCUT2D eigenvalue weighted by atomic mass is 10.1. The maximum atomic E-state index is 12.9. The zero-order valence-corrected chi connectivity index (χ0v) is 20.2. The molecule has 1 aromatic carbocycles. The van der Waals surface area contributed by atoms with E-state index in [-0.39, 0.29) is 5.91 Å². The molecular weight excluding hydrogens is 466 g/mol. The average Bonchev–Trinajstić information content (AvgIpc) is 3.74. The minimum absolute atomic E-state index is 0.231. The number of carbonyl (C=O) groups excluding carboxylic acids is 1. The van der Waals surface area contributed by atoms with Crippen molar-refractivity contribution >= 4 is 23.3 Å². The van der Waals surface area contributed by atoms with E-state index < -0.39 is 0 Å². The monoisotopic (exact) mass is 493 g/mol. The first-order valence-electron chi connectivity index (χ1n) is 12.0. The Bertz CT molecular complexity index is 1180. The SMILES string of the molecule is O=C(NCc1cccnc1N1CCCOCC1)c1cnnc(-c2ccc(OCC3CC3)c(Cl)c2)c1. The molecule has 1 saturated carbocycles. The predicted octanol–water partition coefficient (Wildman–Crippen LogP) is 4.14. The molecule has 1 N–H and O–H groups in total. The summed E-state index contributed by atoms with van der Waals surface area (Å²) in [7, 11) is 0. The number of hydrogen-bond donors (Lipinski definition) is 1. The second-order valence-electron chi connectivity index (χ2n) is 8.85. The van der Waals surface area contributed by atoms with Crippen LogP contribution in [0.3, 0.4) is 0 Å². The van der Waals surface area contributed by atoms with E-state index in [4.69, 9.17) is 21.1 Å². The van der Waals surface area contributed by atoms with Gasteiger partial charge in [0.15, 0.2) is 0 Å². The summed E-state index contributed by atoms with van der Waals surface area (Å²) in [5, 5.41) is 11.7. The largest absolute Gasteiger partial charge is 0.492 e. The van der Waals surface area contributed by atoms with Crippen LogP contribution in [-0.2, 0) is 11.3 Å². The van der Waals surface area contributed by atoms with Crippen molar-refractivity contribution in [1.29, 1.82) is 0 Å². The van der Waals surface area contributed by atoms with E-state index in [1.54, 1.807) is 18.3 Å². The minimum atomic E-state index is -0.231. The van der Waals surface area contributed by atoms with Crippen molar-refractivity contribution in [2.45, 2.75) is 25.8 Å². The summed E-state index contributed by atoms with van der Waals surface area (Å²) in [6.07, 6.45) is 6.62. The summed E-state index contributed by atoms with van der Waals surface area (Å²) in [6.45, 7) is 4.14. The second-order valence-corrected chi connectivity index (χ2v) is 9.26. The number of halogens is 1. The zero-order chi connectivity index (χ0) is 24.0. The van der Waals surface area contributed by atoms with Crippen molar-refractivity contribution in [2.75, 3.05) is 37.8 Å². The number of hydrogen-bond acceptors (Lipinski definition) is 7. The molecule has 3 aromatic rings. The normalized spacial score (nSPS) is 16.0. The molecule has 0 radical (unpaired) electrons. The van der Waals surface area contributed by atoms with Crippen LogP contribution in [0, 0.1) is 5.92 Å². The van der Waals surface area contributed by atoms with E-state index in [1.807, 2.05) is 24.3 Å². The van der Waals surface area contributed by atoms with E-state index >= 15 is 0 Å². The molecule has 35 heavy (non-hydrogen) atoms. The fraction of sp³-hybridized carbons (Fsp3) is 0.385.